The van der Waals surface area contributed by atoms with Crippen LogP contribution in [0.15, 0.2) is 53.5 Å². The van der Waals surface area contributed by atoms with Crippen molar-refractivity contribution >= 4 is 15.8 Å². The van der Waals surface area contributed by atoms with Gasteiger partial charge in [0.25, 0.3) is 0 Å². The molecule has 0 aliphatic heterocycles. The van der Waals surface area contributed by atoms with E-state index in [1.54, 1.807) is 30.3 Å². The lowest BCUT2D eigenvalue weighted by Gasteiger charge is -2.12. The van der Waals surface area contributed by atoms with Gasteiger partial charge in [-0.05, 0) is 24.1 Å². The minimum Gasteiger partial charge on any atom is -0.357 e. The fraction of sp³-hybridized carbons (Fsp3) is 0.316. The number of hydrogen-bond donors (Lipinski definition) is 2. The van der Waals surface area contributed by atoms with Crippen LogP contribution >= 0.6 is 0 Å². The van der Waals surface area contributed by atoms with Crippen LogP contribution in [0.2, 0.25) is 0 Å². The van der Waals surface area contributed by atoms with Gasteiger partial charge < -0.3 is 10.6 Å². The second-order valence-electron chi connectivity index (χ2n) is 6.03. The van der Waals surface area contributed by atoms with Crippen molar-refractivity contribution in [1.82, 2.24) is 10.6 Å². The maximum absolute atomic E-state index is 13.7. The van der Waals surface area contributed by atoms with Crippen molar-refractivity contribution in [3.8, 4) is 0 Å². The summed E-state index contributed by atoms with van der Waals surface area (Å²) in [5.41, 5.74) is 2.29. The van der Waals surface area contributed by atoms with E-state index < -0.39 is 9.84 Å². The standard InChI is InChI=1S/C19H24FN3O2S/c1-3-21-19(23-13-17-6-4-5-7-18(17)20)22-12-15-8-10-16(11-9-15)14-26(2,24)25/h4-11H,3,12-14H2,1-2H3,(H2,21,22,23). The van der Waals surface area contributed by atoms with Crippen LogP contribution in [0.1, 0.15) is 23.6 Å². The van der Waals surface area contributed by atoms with Crippen molar-refractivity contribution in [3.63, 3.8) is 0 Å². The minimum atomic E-state index is -3.04. The van der Waals surface area contributed by atoms with Gasteiger partial charge in [-0.2, -0.15) is 0 Å². The van der Waals surface area contributed by atoms with E-state index in [-0.39, 0.29) is 11.6 Å². The van der Waals surface area contributed by atoms with E-state index in [9.17, 15) is 12.8 Å². The quantitative estimate of drug-likeness (QED) is 0.575. The molecular weight excluding hydrogens is 353 g/mol. The van der Waals surface area contributed by atoms with Crippen LogP contribution in [0, 0.1) is 5.82 Å². The van der Waals surface area contributed by atoms with Crippen LogP contribution in [-0.4, -0.2) is 27.2 Å². The van der Waals surface area contributed by atoms with E-state index in [2.05, 4.69) is 15.6 Å². The van der Waals surface area contributed by atoms with Crippen molar-refractivity contribution in [2.45, 2.75) is 25.8 Å². The van der Waals surface area contributed by atoms with Crippen molar-refractivity contribution < 1.29 is 12.8 Å². The molecule has 0 fully saturated rings. The van der Waals surface area contributed by atoms with Gasteiger partial charge in [-0.1, -0.05) is 42.5 Å². The second-order valence-corrected chi connectivity index (χ2v) is 8.17. The fourth-order valence-electron chi connectivity index (χ4n) is 2.38. The van der Waals surface area contributed by atoms with E-state index >= 15 is 0 Å². The summed E-state index contributed by atoms with van der Waals surface area (Å²) < 4.78 is 36.3. The predicted octanol–water partition coefficient (Wildman–Crippen LogP) is 2.63. The molecule has 0 saturated carbocycles. The zero-order valence-corrected chi connectivity index (χ0v) is 15.8. The largest absolute Gasteiger partial charge is 0.357 e. The Morgan fingerprint density at radius 2 is 1.69 bits per heavy atom. The number of rotatable bonds is 7. The van der Waals surface area contributed by atoms with Crippen LogP contribution in [-0.2, 0) is 28.7 Å². The van der Waals surface area contributed by atoms with Crippen molar-refractivity contribution in [2.75, 3.05) is 12.8 Å². The number of sulfone groups is 1. The Kier molecular flexibility index (Phi) is 7.15. The molecule has 0 unspecified atom stereocenters. The monoisotopic (exact) mass is 377 g/mol. The Bertz CT molecular complexity index is 849. The Labute approximate surface area is 154 Å². The summed E-state index contributed by atoms with van der Waals surface area (Å²) in [5.74, 6) is 0.372. The summed E-state index contributed by atoms with van der Waals surface area (Å²) in [4.78, 5) is 4.49. The molecule has 0 bridgehead atoms. The Hall–Kier alpha value is -2.41. The number of nitrogens with one attached hydrogen (secondary N) is 2. The highest BCUT2D eigenvalue weighted by molar-refractivity contribution is 7.89. The maximum Gasteiger partial charge on any atom is 0.191 e. The van der Waals surface area contributed by atoms with E-state index in [0.29, 0.717) is 31.2 Å². The molecule has 2 aromatic rings. The molecule has 0 aromatic heterocycles. The third kappa shape index (κ3) is 6.84. The van der Waals surface area contributed by atoms with E-state index in [0.717, 1.165) is 11.1 Å². The van der Waals surface area contributed by atoms with Gasteiger partial charge >= 0.3 is 0 Å². The van der Waals surface area contributed by atoms with Gasteiger partial charge in [-0.25, -0.2) is 17.8 Å². The smallest absolute Gasteiger partial charge is 0.191 e. The molecule has 5 nitrogen and oxygen atoms in total. The first-order valence-electron chi connectivity index (χ1n) is 8.38. The molecule has 140 valence electrons. The molecule has 0 heterocycles. The lowest BCUT2D eigenvalue weighted by Crippen LogP contribution is -2.37. The zero-order chi connectivity index (χ0) is 19.0. The number of halogens is 1. The molecule has 0 aliphatic rings. The maximum atomic E-state index is 13.7. The Balaban J connectivity index is 1.98. The van der Waals surface area contributed by atoms with Crippen LogP contribution in [0.5, 0.6) is 0 Å². The Morgan fingerprint density at radius 1 is 1.04 bits per heavy atom. The highest BCUT2D eigenvalue weighted by Gasteiger charge is 2.05. The molecule has 7 heteroatoms. The van der Waals surface area contributed by atoms with Gasteiger partial charge in [-0.15, -0.1) is 0 Å². The van der Waals surface area contributed by atoms with Crippen LogP contribution < -0.4 is 10.6 Å². The average molecular weight is 377 g/mol. The first-order chi connectivity index (χ1) is 12.4. The number of nitrogens with zero attached hydrogens (tertiary/aromatic N) is 1. The normalized spacial score (nSPS) is 12.0. The number of hydrogen-bond acceptors (Lipinski definition) is 3. The molecule has 0 saturated heterocycles. The molecule has 2 rings (SSSR count). The van der Waals surface area contributed by atoms with Crippen molar-refractivity contribution in [1.29, 1.82) is 0 Å². The van der Waals surface area contributed by atoms with Gasteiger partial charge in [0.1, 0.15) is 5.82 Å². The molecule has 0 radical (unpaired) electrons. The fourth-order valence-corrected chi connectivity index (χ4v) is 3.17. The molecule has 0 amide bonds. The Morgan fingerprint density at radius 3 is 2.31 bits per heavy atom. The predicted molar refractivity (Wildman–Crippen MR) is 103 cm³/mol. The molecule has 0 spiro atoms. The number of benzene rings is 2. The third-order valence-corrected chi connectivity index (χ3v) is 4.48. The molecule has 0 atom stereocenters. The summed E-state index contributed by atoms with van der Waals surface area (Å²) in [6.45, 7) is 3.42. The van der Waals surface area contributed by atoms with Gasteiger partial charge in [0, 0.05) is 24.9 Å². The summed E-state index contributed by atoms with van der Waals surface area (Å²) in [6, 6.07) is 13.9. The van der Waals surface area contributed by atoms with Crippen LogP contribution in [0.3, 0.4) is 0 Å². The highest BCUT2D eigenvalue weighted by atomic mass is 32.2. The first kappa shape index (κ1) is 19.9. The topological polar surface area (TPSA) is 70.6 Å². The SMILES string of the molecule is CCNC(=NCc1ccc(CS(C)(=O)=O)cc1)NCc1ccccc1F. The molecule has 2 N–H and O–H groups in total. The van der Waals surface area contributed by atoms with Crippen LogP contribution in [0.4, 0.5) is 4.39 Å². The zero-order valence-electron chi connectivity index (χ0n) is 15.0. The lowest BCUT2D eigenvalue weighted by molar-refractivity contribution is 0.601. The van der Waals surface area contributed by atoms with E-state index in [1.807, 2.05) is 19.1 Å². The van der Waals surface area contributed by atoms with Gasteiger partial charge in [0.2, 0.25) is 0 Å². The average Bonchev–Trinajstić information content (AvgIpc) is 2.58. The minimum absolute atomic E-state index is 0.0311. The first-order valence-corrected chi connectivity index (χ1v) is 10.4. The van der Waals surface area contributed by atoms with Gasteiger partial charge in [0.15, 0.2) is 15.8 Å². The number of guanidine groups is 1. The summed E-state index contributed by atoms with van der Waals surface area (Å²) in [5, 5.41) is 6.23. The summed E-state index contributed by atoms with van der Waals surface area (Å²) >= 11 is 0. The summed E-state index contributed by atoms with van der Waals surface area (Å²) in [6.07, 6.45) is 1.22. The molecular formula is C19H24FN3O2S. The van der Waals surface area contributed by atoms with Gasteiger partial charge in [-0.3, -0.25) is 0 Å². The van der Waals surface area contributed by atoms with Crippen molar-refractivity contribution in [3.05, 3.63) is 71.0 Å². The summed E-state index contributed by atoms with van der Waals surface area (Å²) in [7, 11) is -3.04. The second kappa shape index (κ2) is 9.33. The van der Waals surface area contributed by atoms with Gasteiger partial charge in [0.05, 0.1) is 12.3 Å². The van der Waals surface area contributed by atoms with Crippen LogP contribution in [0.25, 0.3) is 0 Å². The van der Waals surface area contributed by atoms with Crippen molar-refractivity contribution in [2.24, 2.45) is 4.99 Å². The molecule has 26 heavy (non-hydrogen) atoms. The number of aliphatic imine (C=N–C) groups is 1. The third-order valence-electron chi connectivity index (χ3n) is 3.62. The molecule has 0 aliphatic carbocycles. The highest BCUT2D eigenvalue weighted by Crippen LogP contribution is 2.09. The molecule has 2 aromatic carbocycles. The van der Waals surface area contributed by atoms with E-state index in [1.165, 1.54) is 12.3 Å². The lowest BCUT2D eigenvalue weighted by atomic mass is 10.1. The van der Waals surface area contributed by atoms with E-state index in [4.69, 9.17) is 0 Å².